The quantitative estimate of drug-likeness (QED) is 0.672. The lowest BCUT2D eigenvalue weighted by molar-refractivity contribution is 0.0503. The number of thiazole rings is 1. The van der Waals surface area contributed by atoms with Gasteiger partial charge in [0.25, 0.3) is 0 Å². The van der Waals surface area contributed by atoms with Crippen LogP contribution in [0.4, 0.5) is 0 Å². The largest absolute Gasteiger partial charge is 0.462 e. The number of hydrogen-bond donors (Lipinski definition) is 0. The highest BCUT2D eigenvalue weighted by Gasteiger charge is 2.14. The maximum Gasteiger partial charge on any atom is 0.357 e. The first kappa shape index (κ1) is 13.6. The molecule has 0 unspecified atom stereocenters. The van der Waals surface area contributed by atoms with Crippen LogP contribution in [0.5, 0.6) is 0 Å². The summed E-state index contributed by atoms with van der Waals surface area (Å²) < 4.78 is 10.5. The summed E-state index contributed by atoms with van der Waals surface area (Å²) in [4.78, 5) is 16.1. The van der Waals surface area contributed by atoms with E-state index in [0.717, 1.165) is 5.56 Å². The molecule has 2 heterocycles. The normalized spacial score (nSPS) is 10.5. The summed E-state index contributed by atoms with van der Waals surface area (Å²) in [5.74, 6) is 0.253. The Kier molecular flexibility index (Phi) is 4.12. The van der Waals surface area contributed by atoms with Gasteiger partial charge in [0.1, 0.15) is 0 Å². The molecule has 0 bridgehead atoms. The summed E-state index contributed by atoms with van der Waals surface area (Å²) in [5, 5.41) is 2.36. The van der Waals surface area contributed by atoms with Crippen LogP contribution < -0.4 is 0 Å². The fraction of sp³-hybridized carbons (Fsp3) is 0.125. The number of furan rings is 1. The smallest absolute Gasteiger partial charge is 0.357 e. The second kappa shape index (κ2) is 6.37. The number of nitrogens with zero attached hydrogens (tertiary/aromatic N) is 1. The molecule has 0 aliphatic rings. The summed E-state index contributed by atoms with van der Waals surface area (Å²) in [6.45, 7) is 0.344. The van der Waals surface area contributed by atoms with Crippen LogP contribution in [-0.4, -0.2) is 17.6 Å². The molecule has 5 heteroatoms. The highest BCUT2D eigenvalue weighted by molar-refractivity contribution is 7.13. The van der Waals surface area contributed by atoms with E-state index < -0.39 is 5.97 Å². The fourth-order valence-corrected chi connectivity index (χ4v) is 2.62. The van der Waals surface area contributed by atoms with Crippen molar-refractivity contribution in [1.82, 2.24) is 4.98 Å². The number of rotatable bonds is 5. The molecule has 0 saturated heterocycles. The molecule has 0 amide bonds. The minimum absolute atomic E-state index is 0.319. The first-order valence-corrected chi connectivity index (χ1v) is 7.41. The fourth-order valence-electron chi connectivity index (χ4n) is 1.86. The van der Waals surface area contributed by atoms with Crippen molar-refractivity contribution in [3.63, 3.8) is 0 Å². The van der Waals surface area contributed by atoms with E-state index in [0.29, 0.717) is 29.5 Å². The molecule has 0 spiro atoms. The zero-order valence-electron chi connectivity index (χ0n) is 11.2. The Hall–Kier alpha value is -2.40. The Balaban J connectivity index is 1.56. The van der Waals surface area contributed by atoms with Gasteiger partial charge in [-0.25, -0.2) is 9.78 Å². The van der Waals surface area contributed by atoms with Gasteiger partial charge in [-0.15, -0.1) is 11.3 Å². The number of aromatic nitrogens is 1. The zero-order chi connectivity index (χ0) is 14.5. The Labute approximate surface area is 126 Å². The van der Waals surface area contributed by atoms with E-state index in [-0.39, 0.29) is 0 Å². The predicted octanol–water partition coefficient (Wildman–Crippen LogP) is 3.80. The van der Waals surface area contributed by atoms with Crippen LogP contribution in [0.1, 0.15) is 16.1 Å². The molecule has 0 aliphatic carbocycles. The lowest BCUT2D eigenvalue weighted by Gasteiger charge is -2.02. The number of ether oxygens (including phenoxy) is 1. The minimum atomic E-state index is -0.403. The Bertz CT molecular complexity index is 704. The SMILES string of the molecule is O=C(OCCc1ccccc1)c1csc(-c2ccco2)n1. The van der Waals surface area contributed by atoms with Gasteiger partial charge in [-0.2, -0.15) is 0 Å². The van der Waals surface area contributed by atoms with Crippen molar-refractivity contribution in [1.29, 1.82) is 0 Å². The molecule has 0 aliphatic heterocycles. The lowest BCUT2D eigenvalue weighted by atomic mass is 10.2. The monoisotopic (exact) mass is 299 g/mol. The summed E-state index contributed by atoms with van der Waals surface area (Å²) in [5.41, 5.74) is 1.46. The van der Waals surface area contributed by atoms with E-state index in [4.69, 9.17) is 9.15 Å². The first-order valence-electron chi connectivity index (χ1n) is 6.53. The Morgan fingerprint density at radius 2 is 2.05 bits per heavy atom. The van der Waals surface area contributed by atoms with Gasteiger partial charge in [0, 0.05) is 11.8 Å². The van der Waals surface area contributed by atoms with E-state index in [1.165, 1.54) is 11.3 Å². The Morgan fingerprint density at radius 3 is 2.81 bits per heavy atom. The highest BCUT2D eigenvalue weighted by atomic mass is 32.1. The molecule has 0 saturated carbocycles. The van der Waals surface area contributed by atoms with Gasteiger partial charge in [-0.3, -0.25) is 0 Å². The number of benzene rings is 1. The zero-order valence-corrected chi connectivity index (χ0v) is 12.0. The molecule has 2 aromatic heterocycles. The molecule has 3 rings (SSSR count). The van der Waals surface area contributed by atoms with E-state index >= 15 is 0 Å². The van der Waals surface area contributed by atoms with Crippen LogP contribution in [-0.2, 0) is 11.2 Å². The molecule has 1 aromatic carbocycles. The van der Waals surface area contributed by atoms with Gasteiger partial charge in [-0.1, -0.05) is 30.3 Å². The van der Waals surface area contributed by atoms with Crippen LogP contribution in [0.2, 0.25) is 0 Å². The third-order valence-corrected chi connectivity index (χ3v) is 3.77. The van der Waals surface area contributed by atoms with Crippen molar-refractivity contribution in [2.45, 2.75) is 6.42 Å². The average molecular weight is 299 g/mol. The third kappa shape index (κ3) is 3.38. The molecule has 106 valence electrons. The third-order valence-electron chi connectivity index (χ3n) is 2.91. The molecule has 4 nitrogen and oxygen atoms in total. The van der Waals surface area contributed by atoms with Gasteiger partial charge in [0.05, 0.1) is 12.9 Å². The Morgan fingerprint density at radius 1 is 1.19 bits per heavy atom. The van der Waals surface area contributed by atoms with Crippen molar-refractivity contribution in [2.75, 3.05) is 6.61 Å². The molecule has 0 atom stereocenters. The maximum atomic E-state index is 11.9. The van der Waals surface area contributed by atoms with Gasteiger partial charge in [0.15, 0.2) is 16.5 Å². The van der Waals surface area contributed by atoms with Crippen molar-refractivity contribution in [3.05, 3.63) is 65.4 Å². The summed E-state index contributed by atoms with van der Waals surface area (Å²) in [6, 6.07) is 13.5. The number of carbonyl (C=O) groups is 1. The van der Waals surface area contributed by atoms with E-state index in [2.05, 4.69) is 4.98 Å². The number of esters is 1. The van der Waals surface area contributed by atoms with Crippen LogP contribution in [0.3, 0.4) is 0 Å². The van der Waals surface area contributed by atoms with Crippen molar-refractivity contribution in [2.24, 2.45) is 0 Å². The average Bonchev–Trinajstić information content (AvgIpc) is 3.19. The number of hydrogen-bond acceptors (Lipinski definition) is 5. The summed E-state index contributed by atoms with van der Waals surface area (Å²) in [6.07, 6.45) is 2.27. The molecule has 0 radical (unpaired) electrons. The standard InChI is InChI=1S/C16H13NO3S/c18-16(20-10-8-12-5-2-1-3-6-12)13-11-21-15(17-13)14-7-4-9-19-14/h1-7,9,11H,8,10H2. The van der Waals surface area contributed by atoms with E-state index in [9.17, 15) is 4.79 Å². The molecular weight excluding hydrogens is 286 g/mol. The van der Waals surface area contributed by atoms with Gasteiger partial charge < -0.3 is 9.15 Å². The second-order valence-corrected chi connectivity index (χ2v) is 5.24. The van der Waals surface area contributed by atoms with Gasteiger partial charge >= 0.3 is 5.97 Å². The highest BCUT2D eigenvalue weighted by Crippen LogP contribution is 2.24. The van der Waals surface area contributed by atoms with E-state index in [1.54, 1.807) is 17.7 Å². The van der Waals surface area contributed by atoms with Crippen LogP contribution in [0, 0.1) is 0 Å². The minimum Gasteiger partial charge on any atom is -0.462 e. The summed E-state index contributed by atoms with van der Waals surface area (Å²) in [7, 11) is 0. The van der Waals surface area contributed by atoms with Crippen molar-refractivity contribution in [3.8, 4) is 10.8 Å². The van der Waals surface area contributed by atoms with Crippen molar-refractivity contribution < 1.29 is 13.9 Å². The van der Waals surface area contributed by atoms with Crippen LogP contribution in [0.25, 0.3) is 10.8 Å². The van der Waals surface area contributed by atoms with Crippen molar-refractivity contribution >= 4 is 17.3 Å². The number of carbonyl (C=O) groups excluding carboxylic acids is 1. The second-order valence-electron chi connectivity index (χ2n) is 4.39. The molecule has 0 N–H and O–H groups in total. The van der Waals surface area contributed by atoms with E-state index in [1.807, 2.05) is 36.4 Å². The van der Waals surface area contributed by atoms with Gasteiger partial charge in [-0.05, 0) is 17.7 Å². The topological polar surface area (TPSA) is 52.3 Å². The molecule has 21 heavy (non-hydrogen) atoms. The van der Waals surface area contributed by atoms with Crippen LogP contribution >= 0.6 is 11.3 Å². The molecule has 0 fully saturated rings. The predicted molar refractivity (Wildman–Crippen MR) is 80.2 cm³/mol. The maximum absolute atomic E-state index is 11.9. The molecular formula is C16H13NO3S. The van der Waals surface area contributed by atoms with Crippen LogP contribution in [0.15, 0.2) is 58.5 Å². The first-order chi connectivity index (χ1) is 10.3. The lowest BCUT2D eigenvalue weighted by Crippen LogP contribution is -2.08. The summed E-state index contributed by atoms with van der Waals surface area (Å²) >= 11 is 1.36. The molecule has 3 aromatic rings. The van der Waals surface area contributed by atoms with Gasteiger partial charge in [0.2, 0.25) is 0 Å².